The van der Waals surface area contributed by atoms with Crippen LogP contribution in [0.15, 0.2) is 53.6 Å². The smallest absolute Gasteiger partial charge is 0.234 e. The molecule has 24 heavy (non-hydrogen) atoms. The number of hydrogen-bond acceptors (Lipinski definition) is 3. The van der Waals surface area contributed by atoms with Crippen LogP contribution in [0.1, 0.15) is 16.7 Å². The molecule has 0 atom stereocenters. The van der Waals surface area contributed by atoms with Gasteiger partial charge in [0.25, 0.3) is 0 Å². The number of pyridine rings is 1. The summed E-state index contributed by atoms with van der Waals surface area (Å²) >= 11 is 1.48. The average molecular weight is 336 g/mol. The van der Waals surface area contributed by atoms with Gasteiger partial charge in [-0.15, -0.1) is 0 Å². The lowest BCUT2D eigenvalue weighted by Gasteiger charge is -2.11. The molecule has 1 amide bonds. The fourth-order valence-electron chi connectivity index (χ4n) is 2.62. The third-order valence-corrected chi connectivity index (χ3v) is 5.04. The zero-order chi connectivity index (χ0) is 17.1. The molecular formula is C20H20N2OS. The van der Waals surface area contributed by atoms with Crippen LogP contribution in [-0.4, -0.2) is 16.6 Å². The molecule has 0 saturated heterocycles. The van der Waals surface area contributed by atoms with E-state index < -0.39 is 0 Å². The van der Waals surface area contributed by atoms with E-state index in [0.29, 0.717) is 5.75 Å². The van der Waals surface area contributed by atoms with E-state index in [1.807, 2.05) is 37.3 Å². The first-order valence-corrected chi connectivity index (χ1v) is 8.88. The highest BCUT2D eigenvalue weighted by Gasteiger charge is 2.10. The number of fused-ring (bicyclic) bond motifs is 1. The van der Waals surface area contributed by atoms with Crippen LogP contribution in [0.25, 0.3) is 10.9 Å². The number of aryl methyl sites for hydroxylation is 3. The van der Waals surface area contributed by atoms with Crippen LogP contribution in [0.3, 0.4) is 0 Å². The van der Waals surface area contributed by atoms with Crippen molar-refractivity contribution in [3.63, 3.8) is 0 Å². The van der Waals surface area contributed by atoms with Gasteiger partial charge in [0.2, 0.25) is 5.91 Å². The standard InChI is InChI=1S/C20H20N2OS/c1-13-9-10-14(2)19-17(13)11-15(3)20(22-19)24-12-18(23)21-16-7-5-4-6-8-16/h4-11H,12H2,1-3H3,(H,21,23). The molecule has 0 aliphatic heterocycles. The topological polar surface area (TPSA) is 42.0 Å². The van der Waals surface area contributed by atoms with Crippen molar-refractivity contribution in [3.8, 4) is 0 Å². The molecule has 1 N–H and O–H groups in total. The molecule has 0 fully saturated rings. The molecule has 3 aromatic rings. The number of amides is 1. The number of thioether (sulfide) groups is 1. The number of carbonyl (C=O) groups is 1. The quantitative estimate of drug-likeness (QED) is 0.690. The average Bonchev–Trinajstić information content (AvgIpc) is 2.58. The highest BCUT2D eigenvalue weighted by molar-refractivity contribution is 8.00. The Bertz CT molecular complexity index is 891. The molecule has 0 aliphatic rings. The molecule has 122 valence electrons. The second-order valence-corrected chi connectivity index (χ2v) is 6.87. The fourth-order valence-corrected chi connectivity index (χ4v) is 3.40. The van der Waals surface area contributed by atoms with Crippen molar-refractivity contribution >= 4 is 34.3 Å². The Labute approximate surface area is 146 Å². The highest BCUT2D eigenvalue weighted by Crippen LogP contribution is 2.28. The third-order valence-electron chi connectivity index (χ3n) is 3.95. The van der Waals surface area contributed by atoms with Gasteiger partial charge < -0.3 is 5.32 Å². The van der Waals surface area contributed by atoms with Crippen LogP contribution in [0.5, 0.6) is 0 Å². The Hall–Kier alpha value is -2.33. The van der Waals surface area contributed by atoms with Crippen LogP contribution in [0, 0.1) is 20.8 Å². The minimum atomic E-state index is -0.0199. The normalized spacial score (nSPS) is 10.8. The summed E-state index contributed by atoms with van der Waals surface area (Å²) in [6.45, 7) is 6.22. The lowest BCUT2D eigenvalue weighted by atomic mass is 10.0. The Balaban J connectivity index is 1.77. The number of rotatable bonds is 4. The summed E-state index contributed by atoms with van der Waals surface area (Å²) in [5, 5.41) is 5.00. The summed E-state index contributed by atoms with van der Waals surface area (Å²) in [6, 6.07) is 15.9. The first-order chi connectivity index (χ1) is 11.5. The Morgan fingerprint density at radius 2 is 1.71 bits per heavy atom. The number of anilines is 1. The molecule has 3 rings (SSSR count). The summed E-state index contributed by atoms with van der Waals surface area (Å²) < 4.78 is 0. The van der Waals surface area contributed by atoms with Gasteiger partial charge in [-0.05, 0) is 55.7 Å². The number of aromatic nitrogens is 1. The zero-order valence-electron chi connectivity index (χ0n) is 14.1. The van der Waals surface area contributed by atoms with E-state index >= 15 is 0 Å². The lowest BCUT2D eigenvalue weighted by molar-refractivity contribution is -0.113. The molecule has 0 saturated carbocycles. The minimum Gasteiger partial charge on any atom is -0.325 e. The first-order valence-electron chi connectivity index (χ1n) is 7.90. The minimum absolute atomic E-state index is 0.0199. The number of benzene rings is 2. The second-order valence-electron chi connectivity index (χ2n) is 5.91. The highest BCUT2D eigenvalue weighted by atomic mass is 32.2. The molecular weight excluding hydrogens is 316 g/mol. The van der Waals surface area contributed by atoms with Crippen molar-refractivity contribution in [3.05, 3.63) is 65.2 Å². The number of para-hydroxylation sites is 1. The molecule has 0 bridgehead atoms. The predicted molar refractivity (Wildman–Crippen MR) is 102 cm³/mol. The molecule has 0 radical (unpaired) electrons. The largest absolute Gasteiger partial charge is 0.325 e. The van der Waals surface area contributed by atoms with E-state index in [-0.39, 0.29) is 5.91 Å². The summed E-state index contributed by atoms with van der Waals surface area (Å²) in [7, 11) is 0. The Morgan fingerprint density at radius 1 is 1.00 bits per heavy atom. The number of carbonyl (C=O) groups excluding carboxylic acids is 1. The molecule has 3 nitrogen and oxygen atoms in total. The van der Waals surface area contributed by atoms with Gasteiger partial charge >= 0.3 is 0 Å². The summed E-state index contributed by atoms with van der Waals surface area (Å²) in [6.07, 6.45) is 0. The van der Waals surface area contributed by atoms with E-state index in [1.165, 1.54) is 22.7 Å². The van der Waals surface area contributed by atoms with Crippen LogP contribution in [0.2, 0.25) is 0 Å². The number of nitrogens with one attached hydrogen (secondary N) is 1. The van der Waals surface area contributed by atoms with Crippen LogP contribution in [-0.2, 0) is 4.79 Å². The van der Waals surface area contributed by atoms with Gasteiger partial charge in [0.1, 0.15) is 5.03 Å². The van der Waals surface area contributed by atoms with Crippen LogP contribution in [0.4, 0.5) is 5.69 Å². The molecule has 0 unspecified atom stereocenters. The van der Waals surface area contributed by atoms with Crippen molar-refractivity contribution in [1.82, 2.24) is 4.98 Å². The van der Waals surface area contributed by atoms with Crippen molar-refractivity contribution in [2.24, 2.45) is 0 Å². The maximum Gasteiger partial charge on any atom is 0.234 e. The second kappa shape index (κ2) is 7.05. The molecule has 1 heterocycles. The number of nitrogens with zero attached hydrogens (tertiary/aromatic N) is 1. The van der Waals surface area contributed by atoms with Crippen molar-refractivity contribution < 1.29 is 4.79 Å². The molecule has 1 aromatic heterocycles. The first kappa shape index (κ1) is 16.5. The predicted octanol–water partition coefficient (Wildman–Crippen LogP) is 4.89. The van der Waals surface area contributed by atoms with Crippen molar-refractivity contribution in [2.45, 2.75) is 25.8 Å². The lowest BCUT2D eigenvalue weighted by Crippen LogP contribution is -2.14. The van der Waals surface area contributed by atoms with E-state index in [9.17, 15) is 4.79 Å². The monoisotopic (exact) mass is 336 g/mol. The van der Waals surface area contributed by atoms with E-state index in [0.717, 1.165) is 27.4 Å². The van der Waals surface area contributed by atoms with Gasteiger partial charge in [0, 0.05) is 11.1 Å². The van der Waals surface area contributed by atoms with E-state index in [1.54, 1.807) is 0 Å². The van der Waals surface area contributed by atoms with Crippen LogP contribution < -0.4 is 5.32 Å². The summed E-state index contributed by atoms with van der Waals surface area (Å²) in [5.41, 5.74) is 5.33. The summed E-state index contributed by atoms with van der Waals surface area (Å²) in [4.78, 5) is 16.9. The molecule has 2 aromatic carbocycles. The molecule has 0 spiro atoms. The fraction of sp³-hybridized carbons (Fsp3) is 0.200. The van der Waals surface area contributed by atoms with Gasteiger partial charge in [0.05, 0.1) is 11.3 Å². The number of hydrogen-bond donors (Lipinski definition) is 1. The molecule has 0 aliphatic carbocycles. The van der Waals surface area contributed by atoms with Crippen molar-refractivity contribution in [1.29, 1.82) is 0 Å². The summed E-state index contributed by atoms with van der Waals surface area (Å²) in [5.74, 6) is 0.326. The van der Waals surface area contributed by atoms with Gasteiger partial charge in [-0.3, -0.25) is 4.79 Å². The van der Waals surface area contributed by atoms with E-state index in [2.05, 4.69) is 37.4 Å². The van der Waals surface area contributed by atoms with E-state index in [4.69, 9.17) is 4.98 Å². The van der Waals surface area contributed by atoms with Crippen molar-refractivity contribution in [2.75, 3.05) is 11.1 Å². The maximum absolute atomic E-state index is 12.1. The Kier molecular flexibility index (Phi) is 4.86. The maximum atomic E-state index is 12.1. The van der Waals surface area contributed by atoms with Gasteiger partial charge in [-0.25, -0.2) is 4.98 Å². The zero-order valence-corrected chi connectivity index (χ0v) is 14.9. The Morgan fingerprint density at radius 3 is 2.46 bits per heavy atom. The third kappa shape index (κ3) is 3.60. The SMILES string of the molecule is Cc1cc2c(C)ccc(C)c2nc1SCC(=O)Nc1ccccc1. The van der Waals surface area contributed by atoms with Crippen LogP contribution >= 0.6 is 11.8 Å². The van der Waals surface area contributed by atoms with Gasteiger partial charge in [0.15, 0.2) is 0 Å². The van der Waals surface area contributed by atoms with Gasteiger partial charge in [-0.1, -0.05) is 42.1 Å². The molecule has 4 heteroatoms. The van der Waals surface area contributed by atoms with Gasteiger partial charge in [-0.2, -0.15) is 0 Å².